The van der Waals surface area contributed by atoms with Gasteiger partial charge in [0.15, 0.2) is 0 Å². The summed E-state index contributed by atoms with van der Waals surface area (Å²) in [5.41, 5.74) is 6.11. The molecule has 0 aliphatic carbocycles. The van der Waals surface area contributed by atoms with Crippen LogP contribution in [0.3, 0.4) is 0 Å². The number of nitrogens with one attached hydrogen (secondary N) is 1. The minimum atomic E-state index is -4.09. The van der Waals surface area contributed by atoms with Gasteiger partial charge >= 0.3 is 0 Å². The summed E-state index contributed by atoms with van der Waals surface area (Å²) in [7, 11) is -2.70. The molecule has 0 spiro atoms. The summed E-state index contributed by atoms with van der Waals surface area (Å²) in [6, 6.07) is 8.16. The van der Waals surface area contributed by atoms with Gasteiger partial charge < -0.3 is 10.5 Å². The second-order valence-electron chi connectivity index (χ2n) is 4.14. The number of benzene rings is 2. The lowest BCUT2D eigenvalue weighted by molar-refractivity contribution is 0.417. The summed E-state index contributed by atoms with van der Waals surface area (Å²) in [6.07, 6.45) is 0. The van der Waals surface area contributed by atoms with Crippen molar-refractivity contribution in [2.24, 2.45) is 0 Å². The summed E-state index contributed by atoms with van der Waals surface area (Å²) in [5, 5.41) is 0. The zero-order valence-corrected chi connectivity index (χ0v) is 13.3. The average molecular weight is 375 g/mol. The molecule has 0 fully saturated rings. The third kappa shape index (κ3) is 3.45. The van der Waals surface area contributed by atoms with Gasteiger partial charge in [-0.05, 0) is 36.4 Å². The SMILES string of the molecule is COc1ccc(N)cc1NS(=O)(=O)c1ccc(Br)cc1F. The third-order valence-electron chi connectivity index (χ3n) is 2.65. The van der Waals surface area contributed by atoms with Gasteiger partial charge in [0, 0.05) is 10.2 Å². The molecule has 8 heteroatoms. The Labute approximate surface area is 130 Å². The average Bonchev–Trinajstić information content (AvgIpc) is 2.37. The number of nitrogens with two attached hydrogens (primary N) is 1. The van der Waals surface area contributed by atoms with Crippen molar-refractivity contribution in [1.29, 1.82) is 0 Å². The van der Waals surface area contributed by atoms with Crippen LogP contribution >= 0.6 is 15.9 Å². The number of sulfonamides is 1. The number of hydrogen-bond donors (Lipinski definition) is 2. The zero-order chi connectivity index (χ0) is 15.6. The van der Waals surface area contributed by atoms with Crippen molar-refractivity contribution in [3.63, 3.8) is 0 Å². The number of hydrogen-bond acceptors (Lipinski definition) is 4. The van der Waals surface area contributed by atoms with Crippen LogP contribution in [0.25, 0.3) is 0 Å². The Morgan fingerprint density at radius 2 is 1.95 bits per heavy atom. The second-order valence-corrected chi connectivity index (χ2v) is 6.71. The Hall–Kier alpha value is -1.80. The van der Waals surface area contributed by atoms with Crippen LogP contribution in [0.5, 0.6) is 5.75 Å². The van der Waals surface area contributed by atoms with E-state index in [1.807, 2.05) is 0 Å². The van der Waals surface area contributed by atoms with E-state index < -0.39 is 20.7 Å². The Morgan fingerprint density at radius 3 is 2.57 bits per heavy atom. The first kappa shape index (κ1) is 15.6. The van der Waals surface area contributed by atoms with Gasteiger partial charge in [-0.2, -0.15) is 0 Å². The van der Waals surface area contributed by atoms with Crippen molar-refractivity contribution >= 4 is 37.3 Å². The van der Waals surface area contributed by atoms with Crippen LogP contribution < -0.4 is 15.2 Å². The highest BCUT2D eigenvalue weighted by Crippen LogP contribution is 2.29. The molecule has 0 aliphatic heterocycles. The van der Waals surface area contributed by atoms with Crippen LogP contribution in [0.2, 0.25) is 0 Å². The summed E-state index contributed by atoms with van der Waals surface area (Å²) in [6.45, 7) is 0. The van der Waals surface area contributed by atoms with E-state index in [1.54, 1.807) is 6.07 Å². The van der Waals surface area contributed by atoms with E-state index in [9.17, 15) is 12.8 Å². The van der Waals surface area contributed by atoms with E-state index in [0.29, 0.717) is 10.2 Å². The molecule has 0 saturated heterocycles. The lowest BCUT2D eigenvalue weighted by Crippen LogP contribution is -2.15. The molecule has 0 radical (unpaired) electrons. The summed E-state index contributed by atoms with van der Waals surface area (Å²) >= 11 is 3.07. The fourth-order valence-electron chi connectivity index (χ4n) is 1.70. The highest BCUT2D eigenvalue weighted by molar-refractivity contribution is 9.10. The highest BCUT2D eigenvalue weighted by atomic mass is 79.9. The van der Waals surface area contributed by atoms with Crippen LogP contribution in [0.4, 0.5) is 15.8 Å². The Morgan fingerprint density at radius 1 is 1.24 bits per heavy atom. The maximum absolute atomic E-state index is 13.8. The fourth-order valence-corrected chi connectivity index (χ4v) is 3.15. The van der Waals surface area contributed by atoms with E-state index >= 15 is 0 Å². The first-order valence-electron chi connectivity index (χ1n) is 5.75. The minimum absolute atomic E-state index is 0.139. The quantitative estimate of drug-likeness (QED) is 0.806. The van der Waals surface area contributed by atoms with Crippen molar-refractivity contribution in [3.05, 3.63) is 46.7 Å². The van der Waals surface area contributed by atoms with Gasteiger partial charge in [0.05, 0.1) is 12.8 Å². The Bertz CT molecular complexity index is 781. The van der Waals surface area contributed by atoms with Crippen molar-refractivity contribution in [3.8, 4) is 5.75 Å². The molecule has 0 bridgehead atoms. The molecular weight excluding hydrogens is 363 g/mol. The van der Waals surface area contributed by atoms with E-state index in [1.165, 1.54) is 31.4 Å². The maximum atomic E-state index is 13.8. The number of methoxy groups -OCH3 is 1. The lowest BCUT2D eigenvalue weighted by atomic mass is 10.2. The Kier molecular flexibility index (Phi) is 4.38. The molecule has 2 aromatic carbocycles. The molecule has 0 unspecified atom stereocenters. The van der Waals surface area contributed by atoms with E-state index in [0.717, 1.165) is 6.07 Å². The molecule has 0 aromatic heterocycles. The van der Waals surface area contributed by atoms with Crippen molar-refractivity contribution < 1.29 is 17.5 Å². The zero-order valence-electron chi connectivity index (χ0n) is 10.9. The van der Waals surface area contributed by atoms with E-state index in [2.05, 4.69) is 20.7 Å². The maximum Gasteiger partial charge on any atom is 0.264 e. The number of ether oxygens (including phenoxy) is 1. The van der Waals surface area contributed by atoms with Gasteiger partial charge in [-0.15, -0.1) is 0 Å². The summed E-state index contributed by atoms with van der Waals surface area (Å²) in [5.74, 6) is -0.579. The van der Waals surface area contributed by atoms with Crippen LogP contribution in [0.15, 0.2) is 45.8 Å². The molecule has 0 aliphatic rings. The third-order valence-corrected chi connectivity index (χ3v) is 4.54. The van der Waals surface area contributed by atoms with E-state index in [-0.39, 0.29) is 11.4 Å². The summed E-state index contributed by atoms with van der Waals surface area (Å²) < 4.78 is 46.1. The molecule has 112 valence electrons. The number of rotatable bonds is 4. The predicted molar refractivity (Wildman–Crippen MR) is 82.3 cm³/mol. The van der Waals surface area contributed by atoms with Gasteiger partial charge in [-0.3, -0.25) is 4.72 Å². The van der Waals surface area contributed by atoms with Crippen LogP contribution in [0.1, 0.15) is 0 Å². The van der Waals surface area contributed by atoms with Gasteiger partial charge in [-0.25, -0.2) is 12.8 Å². The van der Waals surface area contributed by atoms with Gasteiger partial charge in [0.2, 0.25) is 0 Å². The van der Waals surface area contributed by atoms with Crippen LogP contribution in [0, 0.1) is 5.82 Å². The van der Waals surface area contributed by atoms with Crippen molar-refractivity contribution in [1.82, 2.24) is 0 Å². The van der Waals surface area contributed by atoms with Gasteiger partial charge in [0.1, 0.15) is 16.5 Å². The Balaban J connectivity index is 2.44. The minimum Gasteiger partial charge on any atom is -0.495 e. The molecule has 2 aromatic rings. The molecule has 0 atom stereocenters. The highest BCUT2D eigenvalue weighted by Gasteiger charge is 2.21. The number of halogens is 2. The van der Waals surface area contributed by atoms with E-state index in [4.69, 9.17) is 10.5 Å². The molecule has 21 heavy (non-hydrogen) atoms. The first-order chi connectivity index (χ1) is 9.83. The smallest absolute Gasteiger partial charge is 0.264 e. The largest absolute Gasteiger partial charge is 0.495 e. The molecule has 2 rings (SSSR count). The van der Waals surface area contributed by atoms with Gasteiger partial charge in [-0.1, -0.05) is 15.9 Å². The lowest BCUT2D eigenvalue weighted by Gasteiger charge is -2.13. The molecule has 0 amide bonds. The van der Waals surface area contributed by atoms with Crippen LogP contribution in [-0.4, -0.2) is 15.5 Å². The fraction of sp³-hybridized carbons (Fsp3) is 0.0769. The topological polar surface area (TPSA) is 81.4 Å². The molecule has 3 N–H and O–H groups in total. The normalized spacial score (nSPS) is 11.2. The van der Waals surface area contributed by atoms with Crippen molar-refractivity contribution in [2.75, 3.05) is 17.6 Å². The standard InChI is InChI=1S/C13H12BrFN2O3S/c1-20-12-4-3-9(16)7-11(12)17-21(18,19)13-5-2-8(14)6-10(13)15/h2-7,17H,16H2,1H3. The van der Waals surface area contributed by atoms with Crippen molar-refractivity contribution in [2.45, 2.75) is 4.90 Å². The molecule has 0 heterocycles. The number of anilines is 2. The molecule has 0 saturated carbocycles. The molecule has 5 nitrogen and oxygen atoms in total. The molecular formula is C13H12BrFN2O3S. The monoisotopic (exact) mass is 374 g/mol. The summed E-state index contributed by atoms with van der Waals surface area (Å²) in [4.78, 5) is -0.463. The van der Waals surface area contributed by atoms with Crippen LogP contribution in [-0.2, 0) is 10.0 Å². The first-order valence-corrected chi connectivity index (χ1v) is 8.02. The van der Waals surface area contributed by atoms with Gasteiger partial charge in [0.25, 0.3) is 10.0 Å². The number of nitrogen functional groups attached to an aromatic ring is 1. The predicted octanol–water partition coefficient (Wildman–Crippen LogP) is 2.98. The second kappa shape index (κ2) is 5.90.